The Morgan fingerprint density at radius 1 is 1.16 bits per heavy atom. The zero-order chi connectivity index (χ0) is 27.4. The number of carbonyl (C=O) groups is 2. The molecule has 0 aliphatic carbocycles. The summed E-state index contributed by atoms with van der Waals surface area (Å²) < 4.78 is 31.2. The molecule has 0 unspecified atom stereocenters. The summed E-state index contributed by atoms with van der Waals surface area (Å²) in [5, 5.41) is 2.88. The lowest BCUT2D eigenvalue weighted by Crippen LogP contribution is -2.37. The molecule has 12 nitrogen and oxygen atoms in total. The minimum absolute atomic E-state index is 0.142. The van der Waals surface area contributed by atoms with Crippen molar-refractivity contribution in [3.8, 4) is 22.5 Å². The molecule has 1 fully saturated rings. The average Bonchev–Trinajstić information content (AvgIpc) is 3.32. The van der Waals surface area contributed by atoms with Crippen LogP contribution in [0.15, 0.2) is 24.4 Å². The second kappa shape index (κ2) is 11.2. The fourth-order valence-electron chi connectivity index (χ4n) is 3.31. The van der Waals surface area contributed by atoms with Gasteiger partial charge in [0, 0.05) is 32.7 Å². The quantitative estimate of drug-likeness (QED) is 0.488. The Morgan fingerprint density at radius 2 is 1.89 bits per heavy atom. The molecule has 1 saturated heterocycles. The summed E-state index contributed by atoms with van der Waals surface area (Å²) in [6.45, 7) is 7.37. The molecule has 1 aliphatic rings. The molecule has 2 amide bonds. The average molecular weight is 546 g/mol. The number of morpholine rings is 1. The van der Waals surface area contributed by atoms with E-state index in [0.29, 0.717) is 37.1 Å². The van der Waals surface area contributed by atoms with Gasteiger partial charge in [0.15, 0.2) is 22.5 Å². The molecular weight excluding hydrogens is 517 g/mol. The summed E-state index contributed by atoms with van der Waals surface area (Å²) in [5.41, 5.74) is -0.481. The molecule has 14 heteroatoms. The van der Waals surface area contributed by atoms with E-state index >= 15 is 0 Å². The van der Waals surface area contributed by atoms with Crippen LogP contribution in [0.2, 0.25) is 0 Å². The fourth-order valence-corrected chi connectivity index (χ4v) is 4.04. The van der Waals surface area contributed by atoms with E-state index in [1.807, 2.05) is 4.90 Å². The number of amides is 2. The number of hydrogen-bond acceptors (Lipinski definition) is 11. The van der Waals surface area contributed by atoms with Crippen LogP contribution in [0.4, 0.5) is 20.3 Å². The molecule has 4 rings (SSSR count). The molecule has 0 bridgehead atoms. The van der Waals surface area contributed by atoms with E-state index in [9.17, 15) is 14.0 Å². The first-order valence-electron chi connectivity index (χ1n) is 11.7. The topological polar surface area (TPSA) is 132 Å². The van der Waals surface area contributed by atoms with Gasteiger partial charge in [-0.1, -0.05) is 11.3 Å². The normalized spacial score (nSPS) is 13.7. The minimum atomic E-state index is -0.741. The summed E-state index contributed by atoms with van der Waals surface area (Å²) in [5.74, 6) is -0.682. The maximum absolute atomic E-state index is 14.8. The van der Waals surface area contributed by atoms with Crippen molar-refractivity contribution in [1.82, 2.24) is 24.8 Å². The van der Waals surface area contributed by atoms with Crippen molar-refractivity contribution in [2.24, 2.45) is 0 Å². The predicted molar refractivity (Wildman–Crippen MR) is 138 cm³/mol. The first-order chi connectivity index (χ1) is 18.0. The third-order valence-corrected chi connectivity index (χ3v) is 5.93. The van der Waals surface area contributed by atoms with Crippen LogP contribution >= 0.6 is 11.3 Å². The van der Waals surface area contributed by atoms with E-state index in [0.717, 1.165) is 17.4 Å². The molecule has 38 heavy (non-hydrogen) atoms. The number of anilines is 2. The van der Waals surface area contributed by atoms with E-state index in [2.05, 4.69) is 25.3 Å². The number of nitrogens with zero attached hydrogens (tertiary/aromatic N) is 6. The number of rotatable bonds is 6. The molecule has 1 aromatic carbocycles. The maximum atomic E-state index is 14.8. The van der Waals surface area contributed by atoms with Crippen LogP contribution in [0, 0.1) is 5.82 Å². The van der Waals surface area contributed by atoms with Gasteiger partial charge in [-0.05, 0) is 39.0 Å². The molecule has 0 spiro atoms. The van der Waals surface area contributed by atoms with Gasteiger partial charge in [0.25, 0.3) is 5.91 Å². The van der Waals surface area contributed by atoms with Crippen molar-refractivity contribution in [1.29, 1.82) is 0 Å². The van der Waals surface area contributed by atoms with Gasteiger partial charge in [-0.25, -0.2) is 14.2 Å². The van der Waals surface area contributed by atoms with Crippen molar-refractivity contribution in [3.05, 3.63) is 35.8 Å². The van der Waals surface area contributed by atoms with E-state index in [-0.39, 0.29) is 34.2 Å². The molecule has 0 saturated carbocycles. The number of carbonyl (C=O) groups excluding carboxylic acids is 2. The summed E-state index contributed by atoms with van der Waals surface area (Å²) in [6, 6.07) is 3.76. The highest BCUT2D eigenvalue weighted by molar-refractivity contribution is 7.19. The monoisotopic (exact) mass is 545 g/mol. The molecule has 2 aromatic heterocycles. The Bertz CT molecular complexity index is 1320. The first kappa shape index (κ1) is 27.1. The van der Waals surface area contributed by atoms with Gasteiger partial charge in [0.2, 0.25) is 5.95 Å². The second-order valence-electron chi connectivity index (χ2n) is 9.44. The predicted octanol–water partition coefficient (Wildman–Crippen LogP) is 3.81. The van der Waals surface area contributed by atoms with Crippen LogP contribution in [0.3, 0.4) is 0 Å². The van der Waals surface area contributed by atoms with Gasteiger partial charge in [0.05, 0.1) is 24.3 Å². The van der Waals surface area contributed by atoms with Gasteiger partial charge in [-0.3, -0.25) is 10.1 Å². The highest BCUT2D eigenvalue weighted by Gasteiger charge is 2.22. The van der Waals surface area contributed by atoms with Crippen LogP contribution in [0.5, 0.6) is 11.8 Å². The molecule has 0 atom stereocenters. The highest BCUT2D eigenvalue weighted by Crippen LogP contribution is 2.31. The Hall–Kier alpha value is -3.91. The number of nitrogens with one attached hydrogen (secondary N) is 1. The number of benzene rings is 1. The Morgan fingerprint density at radius 3 is 2.55 bits per heavy atom. The maximum Gasteiger partial charge on any atom is 0.413 e. The number of aromatic nitrogens is 4. The zero-order valence-electron chi connectivity index (χ0n) is 21.6. The van der Waals surface area contributed by atoms with Gasteiger partial charge in [-0.15, -0.1) is 0 Å². The lowest BCUT2D eigenvalue weighted by atomic mass is 10.2. The zero-order valence-corrected chi connectivity index (χ0v) is 22.5. The van der Waals surface area contributed by atoms with Crippen LogP contribution in [-0.2, 0) is 9.47 Å². The van der Waals surface area contributed by atoms with E-state index in [1.54, 1.807) is 34.9 Å². The molecule has 1 aliphatic heterocycles. The largest absolute Gasteiger partial charge is 0.444 e. The molecule has 3 aromatic rings. The van der Waals surface area contributed by atoms with Crippen molar-refractivity contribution >= 4 is 34.4 Å². The molecule has 3 heterocycles. The Kier molecular flexibility index (Phi) is 8.02. The van der Waals surface area contributed by atoms with Crippen LogP contribution in [-0.4, -0.2) is 82.8 Å². The third-order valence-electron chi connectivity index (χ3n) is 5.02. The molecule has 1 N–H and O–H groups in total. The molecular formula is C24H28FN7O5S. The van der Waals surface area contributed by atoms with Gasteiger partial charge >= 0.3 is 12.1 Å². The van der Waals surface area contributed by atoms with Crippen LogP contribution in [0.25, 0.3) is 10.7 Å². The lowest BCUT2D eigenvalue weighted by Gasteiger charge is -2.26. The lowest BCUT2D eigenvalue weighted by molar-refractivity contribution is 0.0635. The van der Waals surface area contributed by atoms with E-state index < -0.39 is 17.5 Å². The van der Waals surface area contributed by atoms with E-state index in [1.165, 1.54) is 23.2 Å². The van der Waals surface area contributed by atoms with E-state index in [4.69, 9.17) is 14.2 Å². The Balaban J connectivity index is 1.62. The third kappa shape index (κ3) is 6.89. The summed E-state index contributed by atoms with van der Waals surface area (Å²) in [7, 11) is 3.16. The summed E-state index contributed by atoms with van der Waals surface area (Å²) in [4.78, 5) is 45.5. The fraction of sp³-hybridized carbons (Fsp3) is 0.417. The number of ether oxygens (including phenoxy) is 3. The smallest absolute Gasteiger partial charge is 0.413 e. The van der Waals surface area contributed by atoms with Crippen molar-refractivity contribution in [2.75, 3.05) is 50.6 Å². The van der Waals surface area contributed by atoms with Gasteiger partial charge in [0.1, 0.15) is 5.60 Å². The molecule has 0 radical (unpaired) electrons. The van der Waals surface area contributed by atoms with Gasteiger partial charge < -0.3 is 24.0 Å². The van der Waals surface area contributed by atoms with Crippen LogP contribution < -0.4 is 15.0 Å². The standard InChI is InChI=1S/C24H28FN7O5S/c1-24(2,3)37-23(34)30-22-26-13-17(38-22)18-27-20(32-8-10-35-11-9-32)29-21(28-18)36-16-7-6-14(12-15(16)25)19(33)31(4)5/h6-7,12-13H,8-11H2,1-5H3,(H,26,30,34). The number of thiazole rings is 1. The summed E-state index contributed by atoms with van der Waals surface area (Å²) >= 11 is 1.13. The minimum Gasteiger partial charge on any atom is -0.444 e. The summed E-state index contributed by atoms with van der Waals surface area (Å²) in [6.07, 6.45) is 0.862. The number of halogens is 1. The van der Waals surface area contributed by atoms with Crippen molar-refractivity contribution in [3.63, 3.8) is 0 Å². The Labute approximate surface area is 222 Å². The molecule has 202 valence electrons. The van der Waals surface area contributed by atoms with Gasteiger partial charge in [-0.2, -0.15) is 15.0 Å². The van der Waals surface area contributed by atoms with Crippen LogP contribution in [0.1, 0.15) is 31.1 Å². The second-order valence-corrected chi connectivity index (χ2v) is 10.5. The number of hydrogen-bond donors (Lipinski definition) is 1. The first-order valence-corrected chi connectivity index (χ1v) is 12.5. The SMILES string of the molecule is CN(C)C(=O)c1ccc(Oc2nc(-c3cnc(NC(=O)OC(C)(C)C)s3)nc(N3CCOCC3)n2)c(F)c1. The van der Waals surface area contributed by atoms with Crippen molar-refractivity contribution in [2.45, 2.75) is 26.4 Å². The van der Waals surface area contributed by atoms with Crippen molar-refractivity contribution < 1.29 is 28.2 Å². The highest BCUT2D eigenvalue weighted by atomic mass is 32.1.